The first-order valence-corrected chi connectivity index (χ1v) is 6.49. The molecule has 2 saturated carbocycles. The molecule has 0 aromatic heterocycles. The number of aliphatic hydroxyl groups is 1. The molecule has 2 aliphatic carbocycles. The number of rotatable bonds is 2. The molecule has 0 heterocycles. The smallest absolute Gasteiger partial charge is 0.407 e. The van der Waals surface area contributed by atoms with Gasteiger partial charge < -0.3 is 15.2 Å². The number of amides is 1. The number of hydrogen-bond acceptors (Lipinski definition) is 3. The summed E-state index contributed by atoms with van der Waals surface area (Å²) >= 11 is 0. The Balaban J connectivity index is 1.86. The zero-order valence-corrected chi connectivity index (χ0v) is 10.9. The predicted octanol–water partition coefficient (Wildman–Crippen LogP) is 1.92. The van der Waals surface area contributed by atoms with Gasteiger partial charge in [0.1, 0.15) is 5.60 Å². The largest absolute Gasteiger partial charge is 0.444 e. The first-order chi connectivity index (χ1) is 7.89. The molecule has 0 radical (unpaired) electrons. The summed E-state index contributed by atoms with van der Waals surface area (Å²) in [5.41, 5.74) is -0.446. The Kier molecular flexibility index (Phi) is 3.34. The van der Waals surface area contributed by atoms with Crippen LogP contribution in [0.25, 0.3) is 0 Å². The van der Waals surface area contributed by atoms with E-state index >= 15 is 0 Å². The second-order valence-corrected chi connectivity index (χ2v) is 6.43. The molecule has 2 N–H and O–H groups in total. The summed E-state index contributed by atoms with van der Waals surface area (Å²) in [7, 11) is 0. The standard InChI is InChI=1S/C13H23NO3/c1-13(2,3)17-12(16)14-11-6-8-4-9(7-15)10(11)5-8/h8-11,15H,4-7H2,1-3H3,(H,14,16). The van der Waals surface area contributed by atoms with E-state index in [0.29, 0.717) is 17.8 Å². The fourth-order valence-electron chi connectivity index (χ4n) is 3.33. The summed E-state index contributed by atoms with van der Waals surface area (Å²) in [6.07, 6.45) is 2.98. The van der Waals surface area contributed by atoms with Gasteiger partial charge in [-0.3, -0.25) is 0 Å². The Morgan fingerprint density at radius 3 is 2.59 bits per heavy atom. The molecule has 98 valence electrons. The van der Waals surface area contributed by atoms with Crippen LogP contribution < -0.4 is 5.32 Å². The fourth-order valence-corrected chi connectivity index (χ4v) is 3.33. The third-order valence-electron chi connectivity index (χ3n) is 3.89. The number of aliphatic hydroxyl groups excluding tert-OH is 1. The lowest BCUT2D eigenvalue weighted by molar-refractivity contribution is 0.0461. The summed E-state index contributed by atoms with van der Waals surface area (Å²) in [5.74, 6) is 1.49. The molecule has 4 heteroatoms. The SMILES string of the molecule is CC(C)(C)OC(=O)NC1CC2CC(CO)C1C2. The average molecular weight is 241 g/mol. The van der Waals surface area contributed by atoms with Gasteiger partial charge in [0.05, 0.1) is 0 Å². The van der Waals surface area contributed by atoms with Crippen LogP contribution in [0.2, 0.25) is 0 Å². The highest BCUT2D eigenvalue weighted by molar-refractivity contribution is 5.68. The van der Waals surface area contributed by atoms with E-state index in [2.05, 4.69) is 5.32 Å². The van der Waals surface area contributed by atoms with Gasteiger partial charge in [-0.25, -0.2) is 4.79 Å². The molecule has 4 nitrogen and oxygen atoms in total. The third-order valence-corrected chi connectivity index (χ3v) is 3.89. The van der Waals surface area contributed by atoms with Crippen molar-refractivity contribution in [1.29, 1.82) is 0 Å². The monoisotopic (exact) mass is 241 g/mol. The van der Waals surface area contributed by atoms with E-state index in [9.17, 15) is 9.90 Å². The second-order valence-electron chi connectivity index (χ2n) is 6.43. The second kappa shape index (κ2) is 4.48. The summed E-state index contributed by atoms with van der Waals surface area (Å²) in [5, 5.41) is 12.2. The lowest BCUT2D eigenvalue weighted by atomic mass is 9.86. The molecule has 17 heavy (non-hydrogen) atoms. The highest BCUT2D eigenvalue weighted by Gasteiger charge is 2.46. The molecule has 0 spiro atoms. The maximum absolute atomic E-state index is 11.7. The topological polar surface area (TPSA) is 58.6 Å². The van der Waals surface area contributed by atoms with E-state index in [0.717, 1.165) is 19.3 Å². The Morgan fingerprint density at radius 2 is 2.06 bits per heavy atom. The summed E-state index contributed by atoms with van der Waals surface area (Å²) in [4.78, 5) is 11.7. The molecule has 4 unspecified atom stereocenters. The maximum Gasteiger partial charge on any atom is 0.407 e. The average Bonchev–Trinajstić information content (AvgIpc) is 2.72. The van der Waals surface area contributed by atoms with Gasteiger partial charge in [-0.05, 0) is 57.8 Å². The Labute approximate surface area is 103 Å². The molecule has 2 fully saturated rings. The molecule has 0 saturated heterocycles. The van der Waals surface area contributed by atoms with Crippen molar-refractivity contribution in [3.63, 3.8) is 0 Å². The minimum atomic E-state index is -0.446. The normalized spacial score (nSPS) is 36.0. The summed E-state index contributed by atoms with van der Waals surface area (Å²) in [6.45, 7) is 5.84. The number of fused-ring (bicyclic) bond motifs is 2. The third kappa shape index (κ3) is 2.92. The Morgan fingerprint density at radius 1 is 1.35 bits per heavy atom. The van der Waals surface area contributed by atoms with Gasteiger partial charge >= 0.3 is 6.09 Å². The van der Waals surface area contributed by atoms with Crippen molar-refractivity contribution >= 4 is 6.09 Å². The van der Waals surface area contributed by atoms with Crippen LogP contribution in [0.5, 0.6) is 0 Å². The van der Waals surface area contributed by atoms with Gasteiger partial charge in [-0.1, -0.05) is 0 Å². The molecule has 0 aliphatic heterocycles. The van der Waals surface area contributed by atoms with Crippen LogP contribution >= 0.6 is 0 Å². The molecular weight excluding hydrogens is 218 g/mol. The van der Waals surface area contributed by atoms with E-state index in [4.69, 9.17) is 4.74 Å². The first-order valence-electron chi connectivity index (χ1n) is 6.49. The molecule has 0 aromatic carbocycles. The van der Waals surface area contributed by atoms with E-state index < -0.39 is 5.60 Å². The minimum Gasteiger partial charge on any atom is -0.444 e. The summed E-state index contributed by atoms with van der Waals surface area (Å²) < 4.78 is 5.26. The number of nitrogens with one attached hydrogen (secondary N) is 1. The van der Waals surface area contributed by atoms with E-state index in [-0.39, 0.29) is 18.7 Å². The van der Waals surface area contributed by atoms with Crippen molar-refractivity contribution in [2.75, 3.05) is 6.61 Å². The Bertz CT molecular complexity index is 298. The number of ether oxygens (including phenoxy) is 1. The zero-order chi connectivity index (χ0) is 12.6. The van der Waals surface area contributed by atoms with Gasteiger partial charge in [0.15, 0.2) is 0 Å². The zero-order valence-electron chi connectivity index (χ0n) is 10.9. The maximum atomic E-state index is 11.7. The number of hydrogen-bond donors (Lipinski definition) is 2. The van der Waals surface area contributed by atoms with Crippen LogP contribution in [0.4, 0.5) is 4.79 Å². The van der Waals surface area contributed by atoms with E-state index in [1.165, 1.54) is 0 Å². The van der Waals surface area contributed by atoms with Crippen LogP contribution in [0.3, 0.4) is 0 Å². The van der Waals surface area contributed by atoms with Crippen molar-refractivity contribution in [3.8, 4) is 0 Å². The first kappa shape index (κ1) is 12.7. The quantitative estimate of drug-likeness (QED) is 0.776. The van der Waals surface area contributed by atoms with E-state index in [1.807, 2.05) is 20.8 Å². The highest BCUT2D eigenvalue weighted by Crippen LogP contribution is 2.48. The van der Waals surface area contributed by atoms with Crippen molar-refractivity contribution in [2.45, 2.75) is 51.7 Å². The van der Waals surface area contributed by atoms with Crippen LogP contribution in [0, 0.1) is 17.8 Å². The summed E-state index contributed by atoms with van der Waals surface area (Å²) in [6, 6.07) is 0.195. The highest BCUT2D eigenvalue weighted by atomic mass is 16.6. The van der Waals surface area contributed by atoms with Crippen LogP contribution in [-0.4, -0.2) is 29.4 Å². The molecule has 0 aromatic rings. The van der Waals surface area contributed by atoms with Crippen molar-refractivity contribution in [1.82, 2.24) is 5.32 Å². The van der Waals surface area contributed by atoms with Gasteiger partial charge in [-0.15, -0.1) is 0 Å². The number of alkyl carbamates (subject to hydrolysis) is 1. The lowest BCUT2D eigenvalue weighted by Gasteiger charge is -2.30. The predicted molar refractivity (Wildman–Crippen MR) is 64.6 cm³/mol. The van der Waals surface area contributed by atoms with Gasteiger partial charge in [0.2, 0.25) is 0 Å². The molecule has 1 amide bonds. The van der Waals surface area contributed by atoms with Crippen LogP contribution in [-0.2, 0) is 4.74 Å². The van der Waals surface area contributed by atoms with Crippen molar-refractivity contribution in [3.05, 3.63) is 0 Å². The lowest BCUT2D eigenvalue weighted by Crippen LogP contribution is -2.44. The number of carbonyl (C=O) groups is 1. The van der Waals surface area contributed by atoms with Gasteiger partial charge in [-0.2, -0.15) is 0 Å². The molecule has 2 rings (SSSR count). The minimum absolute atomic E-state index is 0.195. The van der Waals surface area contributed by atoms with Crippen molar-refractivity contribution < 1.29 is 14.6 Å². The van der Waals surface area contributed by atoms with Gasteiger partial charge in [0.25, 0.3) is 0 Å². The van der Waals surface area contributed by atoms with Crippen LogP contribution in [0.1, 0.15) is 40.0 Å². The molecular formula is C13H23NO3. The van der Waals surface area contributed by atoms with Crippen molar-refractivity contribution in [2.24, 2.45) is 17.8 Å². The fraction of sp³-hybridized carbons (Fsp3) is 0.923. The Hall–Kier alpha value is -0.770. The van der Waals surface area contributed by atoms with Crippen LogP contribution in [0.15, 0.2) is 0 Å². The molecule has 2 bridgehead atoms. The molecule has 2 aliphatic rings. The molecule has 4 atom stereocenters. The number of carbonyl (C=O) groups excluding carboxylic acids is 1. The van der Waals surface area contributed by atoms with Gasteiger partial charge in [0, 0.05) is 12.6 Å². The van der Waals surface area contributed by atoms with E-state index in [1.54, 1.807) is 0 Å².